The number of H-pyrrole nitrogens is 1. The predicted molar refractivity (Wildman–Crippen MR) is 68.2 cm³/mol. The molecule has 0 atom stereocenters. The van der Waals surface area contributed by atoms with Gasteiger partial charge < -0.3 is 10.1 Å². The third-order valence-electron chi connectivity index (χ3n) is 2.67. The Morgan fingerprint density at radius 2 is 2.00 bits per heavy atom. The minimum absolute atomic E-state index is 0.112. The summed E-state index contributed by atoms with van der Waals surface area (Å²) < 4.78 is 0. The topological polar surface area (TPSA) is 48.9 Å². The third kappa shape index (κ3) is 1.74. The molecule has 2 aromatic heterocycles. The van der Waals surface area contributed by atoms with Crippen LogP contribution in [0.2, 0.25) is 5.15 Å². The zero-order valence-corrected chi connectivity index (χ0v) is 9.57. The number of hydrogen-bond acceptors (Lipinski definition) is 2. The van der Waals surface area contributed by atoms with E-state index in [4.69, 9.17) is 11.6 Å². The number of fused-ring (bicyclic) bond motifs is 1. The quantitative estimate of drug-likeness (QED) is 0.643. The van der Waals surface area contributed by atoms with Crippen molar-refractivity contribution in [3.05, 3.63) is 47.7 Å². The molecule has 0 amide bonds. The van der Waals surface area contributed by atoms with Crippen molar-refractivity contribution in [1.82, 2.24) is 9.97 Å². The van der Waals surface area contributed by atoms with Crippen molar-refractivity contribution < 1.29 is 5.11 Å². The Bertz CT molecular complexity index is 658. The molecular weight excluding hydrogens is 236 g/mol. The van der Waals surface area contributed by atoms with E-state index in [1.165, 1.54) is 6.20 Å². The molecule has 0 aliphatic rings. The SMILES string of the molecule is Oc1cnc(Cl)cc1-c1cc2ccccc2[nH]1. The lowest BCUT2D eigenvalue weighted by Gasteiger charge is -2.01. The number of aromatic amines is 1. The number of rotatable bonds is 1. The van der Waals surface area contributed by atoms with Gasteiger partial charge in [0, 0.05) is 16.5 Å². The summed E-state index contributed by atoms with van der Waals surface area (Å²) in [5, 5.41) is 11.2. The first-order chi connectivity index (χ1) is 8.24. The first-order valence-electron chi connectivity index (χ1n) is 5.17. The van der Waals surface area contributed by atoms with Crippen molar-refractivity contribution in [2.45, 2.75) is 0 Å². The lowest BCUT2D eigenvalue weighted by molar-refractivity contribution is 0.474. The van der Waals surface area contributed by atoms with Gasteiger partial charge in [-0.25, -0.2) is 4.98 Å². The smallest absolute Gasteiger partial charge is 0.143 e. The molecule has 1 aromatic carbocycles. The molecule has 0 spiro atoms. The van der Waals surface area contributed by atoms with Crippen molar-refractivity contribution in [1.29, 1.82) is 0 Å². The van der Waals surface area contributed by atoms with E-state index in [2.05, 4.69) is 9.97 Å². The van der Waals surface area contributed by atoms with Gasteiger partial charge in [-0.2, -0.15) is 0 Å². The number of para-hydroxylation sites is 1. The molecule has 2 heterocycles. The maximum absolute atomic E-state index is 9.77. The van der Waals surface area contributed by atoms with Crippen molar-refractivity contribution in [3.63, 3.8) is 0 Å². The highest BCUT2D eigenvalue weighted by Crippen LogP contribution is 2.31. The molecule has 84 valence electrons. The second-order valence-electron chi connectivity index (χ2n) is 3.79. The molecule has 0 saturated heterocycles. The van der Waals surface area contributed by atoms with E-state index >= 15 is 0 Å². The van der Waals surface area contributed by atoms with Crippen LogP contribution in [0.5, 0.6) is 5.75 Å². The molecule has 0 radical (unpaired) electrons. The van der Waals surface area contributed by atoms with Gasteiger partial charge in [0.2, 0.25) is 0 Å². The van der Waals surface area contributed by atoms with Gasteiger partial charge in [-0.1, -0.05) is 29.8 Å². The Labute approximate surface area is 103 Å². The number of halogens is 1. The summed E-state index contributed by atoms with van der Waals surface area (Å²) in [6.45, 7) is 0. The van der Waals surface area contributed by atoms with E-state index in [-0.39, 0.29) is 5.75 Å². The molecule has 0 aliphatic heterocycles. The van der Waals surface area contributed by atoms with Crippen LogP contribution in [0.1, 0.15) is 0 Å². The summed E-state index contributed by atoms with van der Waals surface area (Å²) >= 11 is 5.83. The van der Waals surface area contributed by atoms with Crippen molar-refractivity contribution in [2.75, 3.05) is 0 Å². The second-order valence-corrected chi connectivity index (χ2v) is 4.18. The molecule has 2 N–H and O–H groups in total. The molecule has 0 bridgehead atoms. The van der Waals surface area contributed by atoms with Crippen LogP contribution in [0.4, 0.5) is 0 Å². The molecule has 3 rings (SSSR count). The average Bonchev–Trinajstić information content (AvgIpc) is 2.75. The maximum Gasteiger partial charge on any atom is 0.143 e. The number of hydrogen-bond donors (Lipinski definition) is 2. The number of benzene rings is 1. The lowest BCUT2D eigenvalue weighted by Crippen LogP contribution is -1.81. The summed E-state index contributed by atoms with van der Waals surface area (Å²) in [4.78, 5) is 7.05. The second kappa shape index (κ2) is 3.79. The van der Waals surface area contributed by atoms with Crippen LogP contribution in [0.15, 0.2) is 42.6 Å². The fourth-order valence-electron chi connectivity index (χ4n) is 1.86. The Kier molecular flexibility index (Phi) is 2.27. The highest BCUT2D eigenvalue weighted by atomic mass is 35.5. The minimum Gasteiger partial charge on any atom is -0.506 e. The van der Waals surface area contributed by atoms with Crippen LogP contribution in [-0.4, -0.2) is 15.1 Å². The Balaban J connectivity index is 2.23. The van der Waals surface area contributed by atoms with E-state index in [0.29, 0.717) is 10.7 Å². The first-order valence-corrected chi connectivity index (χ1v) is 5.54. The molecule has 4 heteroatoms. The maximum atomic E-state index is 9.77. The van der Waals surface area contributed by atoms with Gasteiger partial charge in [-0.3, -0.25) is 0 Å². The van der Waals surface area contributed by atoms with Gasteiger partial charge in [0.25, 0.3) is 0 Å². The van der Waals surface area contributed by atoms with Crippen LogP contribution in [0.25, 0.3) is 22.2 Å². The van der Waals surface area contributed by atoms with E-state index in [9.17, 15) is 5.11 Å². The number of nitrogens with one attached hydrogen (secondary N) is 1. The first kappa shape index (κ1) is 10.2. The standard InChI is InChI=1S/C13H9ClN2O/c14-13-6-9(12(17)7-15-13)11-5-8-3-1-2-4-10(8)16-11/h1-7,16-17H. The van der Waals surface area contributed by atoms with Crippen molar-refractivity contribution in [3.8, 4) is 17.0 Å². The molecule has 3 nitrogen and oxygen atoms in total. The zero-order valence-electron chi connectivity index (χ0n) is 8.81. The van der Waals surface area contributed by atoms with Gasteiger partial charge in [-0.15, -0.1) is 0 Å². The van der Waals surface area contributed by atoms with Gasteiger partial charge >= 0.3 is 0 Å². The summed E-state index contributed by atoms with van der Waals surface area (Å²) in [6.07, 6.45) is 1.35. The Morgan fingerprint density at radius 3 is 2.82 bits per heavy atom. The van der Waals surface area contributed by atoms with Gasteiger partial charge in [0.05, 0.1) is 11.9 Å². The fraction of sp³-hybridized carbons (Fsp3) is 0. The minimum atomic E-state index is 0.112. The van der Waals surface area contributed by atoms with Crippen molar-refractivity contribution in [2.24, 2.45) is 0 Å². The highest BCUT2D eigenvalue weighted by Gasteiger charge is 2.08. The molecule has 0 unspecified atom stereocenters. The third-order valence-corrected chi connectivity index (χ3v) is 2.88. The summed E-state index contributed by atoms with van der Waals surface area (Å²) in [5.41, 5.74) is 2.50. The zero-order chi connectivity index (χ0) is 11.8. The van der Waals surface area contributed by atoms with Crippen molar-refractivity contribution >= 4 is 22.5 Å². The predicted octanol–water partition coefficient (Wildman–Crippen LogP) is 3.59. The summed E-state index contributed by atoms with van der Waals surface area (Å²) in [7, 11) is 0. The van der Waals surface area contributed by atoms with Crippen LogP contribution in [0, 0.1) is 0 Å². The van der Waals surface area contributed by atoms with Crippen LogP contribution >= 0.6 is 11.6 Å². The van der Waals surface area contributed by atoms with Gasteiger partial charge in [0.15, 0.2) is 0 Å². The lowest BCUT2D eigenvalue weighted by atomic mass is 10.1. The molecule has 0 aliphatic carbocycles. The number of pyridine rings is 1. The van der Waals surface area contributed by atoms with Crippen LogP contribution in [-0.2, 0) is 0 Å². The molecular formula is C13H9ClN2O. The largest absolute Gasteiger partial charge is 0.506 e. The Morgan fingerprint density at radius 1 is 1.18 bits per heavy atom. The van der Waals surface area contributed by atoms with E-state index in [1.807, 2.05) is 30.3 Å². The summed E-state index contributed by atoms with van der Waals surface area (Å²) in [5.74, 6) is 0.112. The van der Waals surface area contributed by atoms with Crippen LogP contribution < -0.4 is 0 Å². The Hall–Kier alpha value is -2.00. The van der Waals surface area contributed by atoms with E-state index in [0.717, 1.165) is 16.6 Å². The van der Waals surface area contributed by atoms with E-state index < -0.39 is 0 Å². The normalized spacial score (nSPS) is 10.9. The molecule has 3 aromatic rings. The number of aromatic hydroxyl groups is 1. The molecule has 0 fully saturated rings. The average molecular weight is 245 g/mol. The van der Waals surface area contributed by atoms with Gasteiger partial charge in [0.1, 0.15) is 10.9 Å². The number of nitrogens with zero attached hydrogens (tertiary/aromatic N) is 1. The van der Waals surface area contributed by atoms with Gasteiger partial charge in [-0.05, 0) is 18.2 Å². The van der Waals surface area contributed by atoms with Crippen LogP contribution in [0.3, 0.4) is 0 Å². The molecule has 0 saturated carbocycles. The highest BCUT2D eigenvalue weighted by molar-refractivity contribution is 6.29. The fourth-order valence-corrected chi connectivity index (χ4v) is 2.01. The number of aromatic nitrogens is 2. The summed E-state index contributed by atoms with van der Waals surface area (Å²) in [6, 6.07) is 11.5. The van der Waals surface area contributed by atoms with E-state index in [1.54, 1.807) is 6.07 Å². The monoisotopic (exact) mass is 244 g/mol. The molecule has 17 heavy (non-hydrogen) atoms.